The van der Waals surface area contributed by atoms with Gasteiger partial charge in [-0.15, -0.1) is 11.8 Å². The Morgan fingerprint density at radius 3 is 2.78 bits per heavy atom. The first-order chi connectivity index (χ1) is 8.54. The molecule has 102 valence electrons. The number of hydrogen-bond acceptors (Lipinski definition) is 5. The van der Waals surface area contributed by atoms with Crippen molar-refractivity contribution in [3.8, 4) is 0 Å². The average molecular weight is 274 g/mol. The zero-order valence-electron chi connectivity index (χ0n) is 10.7. The van der Waals surface area contributed by atoms with Gasteiger partial charge in [-0.2, -0.15) is 0 Å². The van der Waals surface area contributed by atoms with Crippen LogP contribution in [0.3, 0.4) is 0 Å². The van der Waals surface area contributed by atoms with Crippen LogP contribution >= 0.6 is 11.8 Å². The molecular formula is C11H18N2O4S. The molecule has 0 N–H and O–H groups in total. The number of rotatable bonds is 6. The minimum atomic E-state index is -0.315. The van der Waals surface area contributed by atoms with Gasteiger partial charge in [0.25, 0.3) is 0 Å². The molecule has 0 aromatic heterocycles. The summed E-state index contributed by atoms with van der Waals surface area (Å²) in [5, 5.41) is 0. The maximum Gasteiger partial charge on any atom is 0.307 e. The van der Waals surface area contributed by atoms with Crippen LogP contribution in [0.2, 0.25) is 0 Å². The topological polar surface area (TPSA) is 66.9 Å². The summed E-state index contributed by atoms with van der Waals surface area (Å²) in [6.45, 7) is 2.48. The summed E-state index contributed by atoms with van der Waals surface area (Å²) in [5.41, 5.74) is 0. The Bertz CT molecular complexity index is 335. The van der Waals surface area contributed by atoms with Gasteiger partial charge in [0.05, 0.1) is 24.7 Å². The van der Waals surface area contributed by atoms with E-state index >= 15 is 0 Å². The predicted octanol–water partition coefficient (Wildman–Crippen LogP) is -0.0691. The summed E-state index contributed by atoms with van der Waals surface area (Å²) >= 11 is 1.50. The van der Waals surface area contributed by atoms with Crippen LogP contribution in [0.4, 0.5) is 0 Å². The van der Waals surface area contributed by atoms with Gasteiger partial charge in [-0.05, 0) is 6.92 Å². The van der Waals surface area contributed by atoms with E-state index < -0.39 is 0 Å². The highest BCUT2D eigenvalue weighted by Gasteiger charge is 2.24. The standard InChI is InChI=1S/C11H18N2O4S/c1-3-17-11(16)4-5-12(2)9(14)6-13-8-18-7-10(13)15/h3-8H2,1-2H3. The molecule has 0 unspecified atom stereocenters. The summed E-state index contributed by atoms with van der Waals surface area (Å²) in [5.74, 6) is 0.531. The van der Waals surface area contributed by atoms with E-state index in [2.05, 4.69) is 0 Å². The lowest BCUT2D eigenvalue weighted by Gasteiger charge is -2.20. The van der Waals surface area contributed by atoms with E-state index in [1.807, 2.05) is 0 Å². The number of carbonyl (C=O) groups excluding carboxylic acids is 3. The van der Waals surface area contributed by atoms with Crippen molar-refractivity contribution in [3.05, 3.63) is 0 Å². The molecule has 1 saturated heterocycles. The number of hydrogen-bond donors (Lipinski definition) is 0. The number of esters is 1. The average Bonchev–Trinajstić information content (AvgIpc) is 2.72. The third-order valence-corrected chi connectivity index (χ3v) is 3.48. The predicted molar refractivity (Wildman–Crippen MR) is 67.9 cm³/mol. The molecule has 1 heterocycles. The van der Waals surface area contributed by atoms with Gasteiger partial charge in [0.15, 0.2) is 0 Å². The molecule has 1 aliphatic rings. The molecule has 0 spiro atoms. The lowest BCUT2D eigenvalue weighted by atomic mass is 10.3. The van der Waals surface area contributed by atoms with Crippen molar-refractivity contribution in [2.24, 2.45) is 0 Å². The minimum absolute atomic E-state index is 0.00728. The van der Waals surface area contributed by atoms with Gasteiger partial charge in [-0.25, -0.2) is 0 Å². The van der Waals surface area contributed by atoms with Crippen LogP contribution in [0.25, 0.3) is 0 Å². The Morgan fingerprint density at radius 2 is 2.22 bits per heavy atom. The molecule has 1 aliphatic heterocycles. The van der Waals surface area contributed by atoms with Crippen molar-refractivity contribution in [2.75, 3.05) is 38.4 Å². The van der Waals surface area contributed by atoms with Gasteiger partial charge in [0.2, 0.25) is 11.8 Å². The summed E-state index contributed by atoms with van der Waals surface area (Å²) in [4.78, 5) is 37.2. The van der Waals surface area contributed by atoms with Crippen LogP contribution in [-0.4, -0.2) is 66.0 Å². The monoisotopic (exact) mass is 274 g/mol. The highest BCUT2D eigenvalue weighted by atomic mass is 32.2. The molecule has 2 amide bonds. The first-order valence-electron chi connectivity index (χ1n) is 5.79. The van der Waals surface area contributed by atoms with Gasteiger partial charge in [-0.3, -0.25) is 14.4 Å². The van der Waals surface area contributed by atoms with Crippen molar-refractivity contribution in [1.82, 2.24) is 9.80 Å². The van der Waals surface area contributed by atoms with E-state index in [4.69, 9.17) is 4.74 Å². The lowest BCUT2D eigenvalue weighted by Crippen LogP contribution is -2.40. The number of amides is 2. The van der Waals surface area contributed by atoms with Crippen LogP contribution in [0, 0.1) is 0 Å². The fourth-order valence-electron chi connectivity index (χ4n) is 1.44. The van der Waals surface area contributed by atoms with Crippen LogP contribution in [-0.2, 0) is 19.1 Å². The molecule has 0 aliphatic carbocycles. The Labute approximate surface area is 111 Å². The molecular weight excluding hydrogens is 256 g/mol. The number of carbonyl (C=O) groups is 3. The van der Waals surface area contributed by atoms with E-state index in [-0.39, 0.29) is 30.7 Å². The molecule has 0 radical (unpaired) electrons. The van der Waals surface area contributed by atoms with Gasteiger partial charge >= 0.3 is 5.97 Å². The largest absolute Gasteiger partial charge is 0.466 e. The summed E-state index contributed by atoms with van der Waals surface area (Å²) in [7, 11) is 1.62. The number of thioether (sulfide) groups is 1. The quantitative estimate of drug-likeness (QED) is 0.634. The highest BCUT2D eigenvalue weighted by molar-refractivity contribution is 8.00. The molecule has 0 bridgehead atoms. The zero-order valence-corrected chi connectivity index (χ0v) is 11.5. The molecule has 18 heavy (non-hydrogen) atoms. The smallest absolute Gasteiger partial charge is 0.307 e. The molecule has 1 fully saturated rings. The summed E-state index contributed by atoms with van der Waals surface area (Å²) in [6, 6.07) is 0. The van der Waals surface area contributed by atoms with Crippen molar-refractivity contribution in [1.29, 1.82) is 0 Å². The normalized spacial score (nSPS) is 14.8. The zero-order chi connectivity index (χ0) is 13.5. The molecule has 0 aromatic carbocycles. The maximum atomic E-state index is 11.8. The Morgan fingerprint density at radius 1 is 1.50 bits per heavy atom. The fraction of sp³-hybridized carbons (Fsp3) is 0.727. The van der Waals surface area contributed by atoms with Crippen LogP contribution in [0.5, 0.6) is 0 Å². The third-order valence-electron chi connectivity index (χ3n) is 2.53. The van der Waals surface area contributed by atoms with E-state index in [0.717, 1.165) is 0 Å². The molecule has 0 saturated carbocycles. The Balaban J connectivity index is 2.28. The van der Waals surface area contributed by atoms with Crippen molar-refractivity contribution < 1.29 is 19.1 Å². The van der Waals surface area contributed by atoms with Crippen molar-refractivity contribution in [3.63, 3.8) is 0 Å². The van der Waals surface area contributed by atoms with Gasteiger partial charge in [0, 0.05) is 13.6 Å². The summed E-state index contributed by atoms with van der Waals surface area (Å²) < 4.78 is 4.78. The fourth-order valence-corrected chi connectivity index (χ4v) is 2.35. The number of nitrogens with zero attached hydrogens (tertiary/aromatic N) is 2. The van der Waals surface area contributed by atoms with E-state index in [1.54, 1.807) is 14.0 Å². The second-order valence-electron chi connectivity index (χ2n) is 3.94. The van der Waals surface area contributed by atoms with E-state index in [0.29, 0.717) is 24.8 Å². The molecule has 0 aromatic rings. The first kappa shape index (κ1) is 14.8. The van der Waals surface area contributed by atoms with E-state index in [1.165, 1.54) is 21.6 Å². The Kier molecular flexibility index (Phi) is 5.97. The van der Waals surface area contributed by atoms with Crippen molar-refractivity contribution >= 4 is 29.5 Å². The molecule has 1 rings (SSSR count). The van der Waals surface area contributed by atoms with Crippen molar-refractivity contribution in [2.45, 2.75) is 13.3 Å². The second-order valence-corrected chi connectivity index (χ2v) is 4.89. The summed E-state index contributed by atoms with van der Waals surface area (Å²) in [6.07, 6.45) is 0.179. The van der Waals surface area contributed by atoms with Crippen LogP contribution in [0.15, 0.2) is 0 Å². The minimum Gasteiger partial charge on any atom is -0.466 e. The first-order valence-corrected chi connectivity index (χ1v) is 6.95. The van der Waals surface area contributed by atoms with Crippen LogP contribution < -0.4 is 0 Å². The molecule has 6 nitrogen and oxygen atoms in total. The third kappa shape index (κ3) is 4.56. The maximum absolute atomic E-state index is 11.8. The van der Waals surface area contributed by atoms with Gasteiger partial charge in [-0.1, -0.05) is 0 Å². The molecule has 7 heteroatoms. The number of likely N-dealkylation sites (N-methyl/N-ethyl adjacent to an activating group) is 1. The second kappa shape index (κ2) is 7.25. The van der Waals surface area contributed by atoms with Gasteiger partial charge < -0.3 is 14.5 Å². The van der Waals surface area contributed by atoms with Crippen LogP contribution in [0.1, 0.15) is 13.3 Å². The lowest BCUT2D eigenvalue weighted by molar-refractivity contribution is -0.144. The highest BCUT2D eigenvalue weighted by Crippen LogP contribution is 2.14. The van der Waals surface area contributed by atoms with E-state index in [9.17, 15) is 14.4 Å². The molecule has 0 atom stereocenters. The Hall–Kier alpha value is -1.24. The SMILES string of the molecule is CCOC(=O)CCN(C)C(=O)CN1CSCC1=O. The van der Waals surface area contributed by atoms with Gasteiger partial charge in [0.1, 0.15) is 6.54 Å². The number of ether oxygens (including phenoxy) is 1.